The topological polar surface area (TPSA) is 74.2 Å². The van der Waals surface area contributed by atoms with Gasteiger partial charge in [0.25, 0.3) is 0 Å². The van der Waals surface area contributed by atoms with Crippen LogP contribution in [0.4, 0.5) is 4.39 Å². The number of carbonyl (C=O) groups excluding carboxylic acids is 2. The highest BCUT2D eigenvalue weighted by Gasteiger charge is 2.25. The van der Waals surface area contributed by atoms with Gasteiger partial charge in [0.2, 0.25) is 5.90 Å². The highest BCUT2D eigenvalue weighted by molar-refractivity contribution is 9.10. The number of ether oxygens (including phenoxy) is 3. The summed E-state index contributed by atoms with van der Waals surface area (Å²) in [5.74, 6) is -1.19. The Bertz CT molecular complexity index is 1270. The lowest BCUT2D eigenvalue weighted by molar-refractivity contribution is -0.129. The van der Waals surface area contributed by atoms with Crippen molar-refractivity contribution in [1.82, 2.24) is 0 Å². The van der Waals surface area contributed by atoms with Crippen molar-refractivity contribution in [3.63, 3.8) is 0 Å². The number of benzene rings is 3. The monoisotopic (exact) mass is 495 g/mol. The summed E-state index contributed by atoms with van der Waals surface area (Å²) in [5.41, 5.74) is 1.32. The second-order valence-corrected chi connectivity index (χ2v) is 7.49. The Kier molecular flexibility index (Phi) is 6.13. The fourth-order valence-electron chi connectivity index (χ4n) is 2.96. The molecule has 1 aliphatic heterocycles. The predicted octanol–water partition coefficient (Wildman–Crippen LogP) is 5.16. The van der Waals surface area contributed by atoms with Crippen LogP contribution in [0.15, 0.2) is 81.9 Å². The van der Waals surface area contributed by atoms with Crippen LogP contribution in [0, 0.1) is 5.82 Å². The highest BCUT2D eigenvalue weighted by atomic mass is 79.9. The maximum absolute atomic E-state index is 13.5. The Hall–Kier alpha value is -3.78. The molecule has 0 radical (unpaired) electrons. The van der Waals surface area contributed by atoms with Gasteiger partial charge in [-0.25, -0.2) is 19.0 Å². The van der Waals surface area contributed by atoms with Crippen LogP contribution in [0.1, 0.15) is 21.5 Å². The van der Waals surface area contributed by atoms with Gasteiger partial charge in [0.15, 0.2) is 17.2 Å². The number of nitrogens with zero attached hydrogens (tertiary/aromatic N) is 1. The molecule has 1 aliphatic rings. The van der Waals surface area contributed by atoms with Crippen LogP contribution in [0.3, 0.4) is 0 Å². The third-order valence-corrected chi connectivity index (χ3v) is 5.04. The number of cyclic esters (lactones) is 1. The van der Waals surface area contributed by atoms with Crippen molar-refractivity contribution in [3.05, 3.63) is 99.4 Å². The van der Waals surface area contributed by atoms with Crippen molar-refractivity contribution in [2.75, 3.05) is 7.11 Å². The van der Waals surface area contributed by atoms with Gasteiger partial charge in [-0.2, -0.15) is 0 Å². The average molecular weight is 496 g/mol. The molecule has 0 bridgehead atoms. The Morgan fingerprint density at radius 1 is 1.09 bits per heavy atom. The van der Waals surface area contributed by atoms with Gasteiger partial charge in [-0.05, 0) is 70.0 Å². The molecule has 0 saturated heterocycles. The summed E-state index contributed by atoms with van der Waals surface area (Å²) in [6.07, 6.45) is 1.49. The number of hydrogen-bond donors (Lipinski definition) is 0. The first kappa shape index (κ1) is 21.5. The smallest absolute Gasteiger partial charge is 0.363 e. The third kappa shape index (κ3) is 4.60. The molecule has 0 N–H and O–H groups in total. The average Bonchev–Trinajstić information content (AvgIpc) is 3.16. The fourth-order valence-corrected chi connectivity index (χ4v) is 3.50. The Balaban J connectivity index is 1.63. The Morgan fingerprint density at radius 3 is 2.59 bits per heavy atom. The van der Waals surface area contributed by atoms with Crippen molar-refractivity contribution >= 4 is 39.8 Å². The zero-order chi connectivity index (χ0) is 22.7. The first-order valence-corrected chi connectivity index (χ1v) is 10.2. The van der Waals surface area contributed by atoms with E-state index in [1.165, 1.54) is 31.4 Å². The van der Waals surface area contributed by atoms with Crippen LogP contribution < -0.4 is 9.47 Å². The third-order valence-electron chi connectivity index (χ3n) is 4.45. The van der Waals surface area contributed by atoms with E-state index in [-0.39, 0.29) is 23.1 Å². The zero-order valence-electron chi connectivity index (χ0n) is 16.7. The molecule has 0 atom stereocenters. The largest absolute Gasteiger partial charge is 0.493 e. The molecule has 4 rings (SSSR count). The van der Waals surface area contributed by atoms with Crippen molar-refractivity contribution in [2.24, 2.45) is 4.99 Å². The van der Waals surface area contributed by atoms with Crippen LogP contribution in [-0.4, -0.2) is 24.9 Å². The van der Waals surface area contributed by atoms with Crippen molar-refractivity contribution in [1.29, 1.82) is 0 Å². The van der Waals surface area contributed by atoms with Crippen LogP contribution >= 0.6 is 15.9 Å². The summed E-state index contributed by atoms with van der Waals surface area (Å²) in [5, 5.41) is 0. The van der Waals surface area contributed by atoms with Crippen LogP contribution in [0.2, 0.25) is 0 Å². The minimum Gasteiger partial charge on any atom is -0.493 e. The van der Waals surface area contributed by atoms with Gasteiger partial charge in [0.05, 0.1) is 17.1 Å². The molecular weight excluding hydrogens is 481 g/mol. The van der Waals surface area contributed by atoms with E-state index >= 15 is 0 Å². The maximum atomic E-state index is 13.5. The molecule has 0 amide bonds. The van der Waals surface area contributed by atoms with E-state index in [1.807, 2.05) is 0 Å². The summed E-state index contributed by atoms with van der Waals surface area (Å²) in [7, 11) is 1.43. The van der Waals surface area contributed by atoms with E-state index in [9.17, 15) is 14.0 Å². The van der Waals surface area contributed by atoms with Crippen LogP contribution in [0.5, 0.6) is 11.5 Å². The molecule has 0 unspecified atom stereocenters. The SMILES string of the molecule is COc1cc(/C=C2\N=C(c3cccc(F)c3)OC2=O)cc(Br)c1OC(=O)c1ccccc1. The van der Waals surface area contributed by atoms with E-state index in [0.29, 0.717) is 21.2 Å². The molecule has 0 aliphatic carbocycles. The van der Waals surface area contributed by atoms with Gasteiger partial charge in [-0.1, -0.05) is 24.3 Å². The quantitative estimate of drug-likeness (QED) is 0.277. The van der Waals surface area contributed by atoms with E-state index < -0.39 is 17.8 Å². The van der Waals surface area contributed by atoms with Crippen molar-refractivity contribution in [3.8, 4) is 11.5 Å². The number of halogens is 2. The molecule has 8 heteroatoms. The minimum atomic E-state index is -0.668. The van der Waals surface area contributed by atoms with Crippen molar-refractivity contribution < 1.29 is 28.2 Å². The first-order valence-electron chi connectivity index (χ1n) is 9.38. The summed E-state index contributed by atoms with van der Waals surface area (Å²) < 4.78 is 29.9. The van der Waals surface area contributed by atoms with Crippen molar-refractivity contribution in [2.45, 2.75) is 0 Å². The standard InChI is InChI=1S/C24H15BrFNO5/c1-30-20-12-14(10-18(25)21(20)31-23(28)15-6-3-2-4-7-15)11-19-24(29)32-22(27-19)16-8-5-9-17(26)13-16/h2-13H,1H3/b19-11-. The van der Waals surface area contributed by atoms with Gasteiger partial charge >= 0.3 is 11.9 Å². The molecular formula is C24H15BrFNO5. The Morgan fingerprint density at radius 2 is 1.88 bits per heavy atom. The lowest BCUT2D eigenvalue weighted by Gasteiger charge is -2.12. The number of aliphatic imine (C=N–C) groups is 1. The molecule has 0 spiro atoms. The summed E-state index contributed by atoms with van der Waals surface area (Å²) in [6, 6.07) is 17.4. The molecule has 160 valence electrons. The fraction of sp³-hybridized carbons (Fsp3) is 0.0417. The molecule has 0 fully saturated rings. The number of rotatable bonds is 5. The van der Waals surface area contributed by atoms with E-state index in [1.54, 1.807) is 48.5 Å². The highest BCUT2D eigenvalue weighted by Crippen LogP contribution is 2.38. The number of esters is 2. The second kappa shape index (κ2) is 9.15. The molecule has 6 nitrogen and oxygen atoms in total. The first-order chi connectivity index (χ1) is 15.4. The van der Waals surface area contributed by atoms with E-state index in [4.69, 9.17) is 14.2 Å². The number of hydrogen-bond acceptors (Lipinski definition) is 6. The lowest BCUT2D eigenvalue weighted by Crippen LogP contribution is -2.09. The molecule has 3 aromatic rings. The minimum absolute atomic E-state index is 0.0141. The summed E-state index contributed by atoms with van der Waals surface area (Å²) >= 11 is 3.38. The maximum Gasteiger partial charge on any atom is 0.363 e. The van der Waals surface area contributed by atoms with E-state index in [0.717, 1.165) is 0 Å². The van der Waals surface area contributed by atoms with E-state index in [2.05, 4.69) is 20.9 Å². The number of carbonyl (C=O) groups is 2. The van der Waals surface area contributed by atoms with Crippen LogP contribution in [-0.2, 0) is 9.53 Å². The summed E-state index contributed by atoms with van der Waals surface area (Å²) in [6.45, 7) is 0. The Labute approximate surface area is 191 Å². The van der Waals surface area contributed by atoms with Gasteiger partial charge in [-0.15, -0.1) is 0 Å². The normalized spacial score (nSPS) is 14.2. The van der Waals surface area contributed by atoms with Gasteiger partial charge in [0, 0.05) is 5.56 Å². The lowest BCUT2D eigenvalue weighted by atomic mass is 10.1. The van der Waals surface area contributed by atoms with Gasteiger partial charge < -0.3 is 14.2 Å². The predicted molar refractivity (Wildman–Crippen MR) is 119 cm³/mol. The number of methoxy groups -OCH3 is 1. The molecule has 32 heavy (non-hydrogen) atoms. The van der Waals surface area contributed by atoms with Gasteiger partial charge in [-0.3, -0.25) is 0 Å². The van der Waals surface area contributed by atoms with Gasteiger partial charge in [0.1, 0.15) is 5.82 Å². The molecule has 3 aromatic carbocycles. The summed E-state index contributed by atoms with van der Waals surface area (Å²) in [4.78, 5) is 28.8. The molecule has 0 aromatic heterocycles. The van der Waals surface area contributed by atoms with Crippen LogP contribution in [0.25, 0.3) is 6.08 Å². The molecule has 0 saturated carbocycles. The zero-order valence-corrected chi connectivity index (χ0v) is 18.3. The molecule has 1 heterocycles. The second-order valence-electron chi connectivity index (χ2n) is 6.64.